The molecule has 0 fully saturated rings. The Hall–Kier alpha value is -0.860. The Kier molecular flexibility index (Phi) is 3.46. The highest BCUT2D eigenvalue weighted by Crippen LogP contribution is 2.08. The molecule has 13 heavy (non-hydrogen) atoms. The first-order valence-corrected chi connectivity index (χ1v) is 4.49. The fourth-order valence-corrected chi connectivity index (χ4v) is 1.47. The molecule has 0 N–H and O–H groups in total. The normalized spacial score (nSPS) is 11.6. The maximum atomic E-state index is 5.15. The third kappa shape index (κ3) is 3.57. The third-order valence-electron chi connectivity index (χ3n) is 1.93. The molecule has 0 spiro atoms. The van der Waals surface area contributed by atoms with Gasteiger partial charge in [-0.25, -0.2) is 0 Å². The van der Waals surface area contributed by atoms with Gasteiger partial charge in [-0.3, -0.25) is 0 Å². The average molecular weight is 180 g/mol. The van der Waals surface area contributed by atoms with Crippen LogP contribution in [0.25, 0.3) is 0 Å². The van der Waals surface area contributed by atoms with Crippen molar-refractivity contribution in [1.82, 2.24) is 0 Å². The topological polar surface area (TPSA) is 9.23 Å². The van der Waals surface area contributed by atoms with Crippen LogP contribution in [0, 0.1) is 0 Å². The maximum Gasteiger partial charge on any atom is 0.182 e. The summed E-state index contributed by atoms with van der Waals surface area (Å²) in [4.78, 5) is 0. The van der Waals surface area contributed by atoms with Gasteiger partial charge in [-0.05, 0) is 0 Å². The quantitative estimate of drug-likeness (QED) is 0.507. The molecule has 2 heteroatoms. The molecule has 0 aliphatic heterocycles. The van der Waals surface area contributed by atoms with E-state index in [1.165, 1.54) is 5.56 Å². The van der Waals surface area contributed by atoms with E-state index in [-0.39, 0.29) is 0 Å². The van der Waals surface area contributed by atoms with Gasteiger partial charge in [-0.1, -0.05) is 30.3 Å². The molecule has 0 saturated heterocycles. The predicted molar refractivity (Wildman–Crippen MR) is 54.1 cm³/mol. The van der Waals surface area contributed by atoms with Gasteiger partial charge in [0, 0.05) is 12.7 Å². The van der Waals surface area contributed by atoms with Crippen LogP contribution in [0.15, 0.2) is 30.3 Å². The van der Waals surface area contributed by atoms with Crippen LogP contribution >= 0.6 is 0 Å². The highest BCUT2D eigenvalue weighted by Gasteiger charge is 2.14. The second kappa shape index (κ2) is 4.40. The highest BCUT2D eigenvalue weighted by molar-refractivity contribution is 5.13. The minimum absolute atomic E-state index is 0.745. The van der Waals surface area contributed by atoms with Gasteiger partial charge in [-0.15, -0.1) is 0 Å². The summed E-state index contributed by atoms with van der Waals surface area (Å²) in [6.07, 6.45) is 0. The number of quaternary nitrogens is 1. The molecule has 1 aromatic carbocycles. The zero-order valence-corrected chi connectivity index (χ0v) is 8.66. The van der Waals surface area contributed by atoms with E-state index in [0.29, 0.717) is 0 Å². The van der Waals surface area contributed by atoms with E-state index in [1.54, 1.807) is 7.11 Å². The van der Waals surface area contributed by atoms with Gasteiger partial charge in [0.25, 0.3) is 0 Å². The Balaban J connectivity index is 2.58. The van der Waals surface area contributed by atoms with Crippen molar-refractivity contribution in [2.24, 2.45) is 0 Å². The number of hydrogen-bond donors (Lipinski definition) is 0. The van der Waals surface area contributed by atoms with Crippen molar-refractivity contribution in [3.8, 4) is 0 Å². The van der Waals surface area contributed by atoms with Crippen molar-refractivity contribution in [1.29, 1.82) is 0 Å². The maximum absolute atomic E-state index is 5.15. The van der Waals surface area contributed by atoms with Gasteiger partial charge in [0.15, 0.2) is 6.73 Å². The summed E-state index contributed by atoms with van der Waals surface area (Å²) in [5.74, 6) is 0. The van der Waals surface area contributed by atoms with Gasteiger partial charge in [0.1, 0.15) is 6.54 Å². The first kappa shape index (κ1) is 10.2. The number of ether oxygens (including phenoxy) is 1. The molecule has 0 aliphatic rings. The van der Waals surface area contributed by atoms with Crippen molar-refractivity contribution in [3.05, 3.63) is 35.9 Å². The second-order valence-corrected chi connectivity index (χ2v) is 4.00. The van der Waals surface area contributed by atoms with Crippen LogP contribution in [0.2, 0.25) is 0 Å². The molecule has 0 amide bonds. The predicted octanol–water partition coefficient (Wildman–Crippen LogP) is 1.87. The van der Waals surface area contributed by atoms with E-state index in [2.05, 4.69) is 38.4 Å². The van der Waals surface area contributed by atoms with Crippen LogP contribution < -0.4 is 0 Å². The Morgan fingerprint density at radius 3 is 2.31 bits per heavy atom. The molecule has 1 rings (SSSR count). The minimum atomic E-state index is 0.745. The van der Waals surface area contributed by atoms with E-state index in [1.807, 2.05) is 6.07 Å². The Morgan fingerprint density at radius 1 is 1.15 bits per heavy atom. The molecule has 0 atom stereocenters. The number of rotatable bonds is 4. The number of hydrogen-bond acceptors (Lipinski definition) is 1. The van der Waals surface area contributed by atoms with Crippen molar-refractivity contribution in [3.63, 3.8) is 0 Å². The van der Waals surface area contributed by atoms with Crippen LogP contribution in [0.5, 0.6) is 0 Å². The Labute approximate surface area is 80.3 Å². The monoisotopic (exact) mass is 180 g/mol. The van der Waals surface area contributed by atoms with Crippen LogP contribution in [0.3, 0.4) is 0 Å². The average Bonchev–Trinajstić information content (AvgIpc) is 2.04. The number of methoxy groups -OCH3 is 1. The summed E-state index contributed by atoms with van der Waals surface area (Å²) in [7, 11) is 6.07. The van der Waals surface area contributed by atoms with Crippen LogP contribution in [0.4, 0.5) is 0 Å². The minimum Gasteiger partial charge on any atom is -0.335 e. The molecule has 2 nitrogen and oxygen atoms in total. The summed E-state index contributed by atoms with van der Waals surface area (Å²) in [6.45, 7) is 1.75. The molecular weight excluding hydrogens is 162 g/mol. The first-order valence-electron chi connectivity index (χ1n) is 4.49. The molecule has 0 radical (unpaired) electrons. The van der Waals surface area contributed by atoms with Crippen LogP contribution in [0.1, 0.15) is 5.56 Å². The zero-order chi connectivity index (χ0) is 9.73. The summed E-state index contributed by atoms with van der Waals surface area (Å²) in [5.41, 5.74) is 1.35. The Morgan fingerprint density at radius 2 is 1.77 bits per heavy atom. The van der Waals surface area contributed by atoms with E-state index in [4.69, 9.17) is 4.74 Å². The molecule has 0 unspecified atom stereocenters. The SMILES string of the molecule is COC[N+](C)(C)Cc1ccccc1. The molecule has 0 bridgehead atoms. The van der Waals surface area contributed by atoms with Crippen LogP contribution in [-0.4, -0.2) is 32.4 Å². The third-order valence-corrected chi connectivity index (χ3v) is 1.93. The summed E-state index contributed by atoms with van der Waals surface area (Å²) >= 11 is 0. The fourth-order valence-electron chi connectivity index (χ4n) is 1.47. The highest BCUT2D eigenvalue weighted by atomic mass is 16.5. The second-order valence-electron chi connectivity index (χ2n) is 4.00. The first-order chi connectivity index (χ1) is 6.14. The summed E-state index contributed by atoms with van der Waals surface area (Å²) in [6, 6.07) is 10.5. The van der Waals surface area contributed by atoms with Crippen molar-refractivity contribution in [2.45, 2.75) is 6.54 Å². The van der Waals surface area contributed by atoms with Crippen LogP contribution in [-0.2, 0) is 11.3 Å². The number of benzene rings is 1. The van der Waals surface area contributed by atoms with E-state index >= 15 is 0 Å². The van der Waals surface area contributed by atoms with E-state index < -0.39 is 0 Å². The molecule has 0 heterocycles. The zero-order valence-electron chi connectivity index (χ0n) is 8.66. The van der Waals surface area contributed by atoms with Crippen molar-refractivity contribution in [2.75, 3.05) is 27.9 Å². The molecular formula is C11H18NO+. The van der Waals surface area contributed by atoms with E-state index in [0.717, 1.165) is 17.8 Å². The lowest BCUT2D eigenvalue weighted by Crippen LogP contribution is -2.40. The van der Waals surface area contributed by atoms with Crippen molar-refractivity contribution >= 4 is 0 Å². The largest absolute Gasteiger partial charge is 0.335 e. The van der Waals surface area contributed by atoms with Crippen molar-refractivity contribution < 1.29 is 9.22 Å². The lowest BCUT2D eigenvalue weighted by atomic mass is 10.2. The number of nitrogens with zero attached hydrogens (tertiary/aromatic N) is 1. The lowest BCUT2D eigenvalue weighted by Gasteiger charge is -2.28. The smallest absolute Gasteiger partial charge is 0.182 e. The van der Waals surface area contributed by atoms with Gasteiger partial charge in [-0.2, -0.15) is 0 Å². The molecule has 0 saturated carbocycles. The van der Waals surface area contributed by atoms with Gasteiger partial charge >= 0.3 is 0 Å². The standard InChI is InChI=1S/C11H18NO/c1-12(2,10-13-3)9-11-7-5-4-6-8-11/h4-8H,9-10H2,1-3H3/q+1. The molecule has 1 aromatic rings. The van der Waals surface area contributed by atoms with E-state index in [9.17, 15) is 0 Å². The molecule has 0 aromatic heterocycles. The summed E-state index contributed by atoms with van der Waals surface area (Å²) in [5, 5.41) is 0. The van der Waals surface area contributed by atoms with Gasteiger partial charge < -0.3 is 9.22 Å². The molecule has 72 valence electrons. The fraction of sp³-hybridized carbons (Fsp3) is 0.455. The van der Waals surface area contributed by atoms with Gasteiger partial charge in [0.2, 0.25) is 0 Å². The lowest BCUT2D eigenvalue weighted by molar-refractivity contribution is -0.921. The summed E-state index contributed by atoms with van der Waals surface area (Å²) < 4.78 is 6.01. The van der Waals surface area contributed by atoms with Gasteiger partial charge in [0.05, 0.1) is 14.1 Å². The molecule has 0 aliphatic carbocycles. The Bertz CT molecular complexity index is 244.